The summed E-state index contributed by atoms with van der Waals surface area (Å²) in [6.07, 6.45) is 3.32. The number of carbonyl (C=O) groups excluding carboxylic acids is 1. The van der Waals surface area contributed by atoms with E-state index in [1.54, 1.807) is 12.3 Å². The van der Waals surface area contributed by atoms with Crippen molar-refractivity contribution >= 4 is 17.4 Å². The van der Waals surface area contributed by atoms with Gasteiger partial charge in [0.15, 0.2) is 5.79 Å². The minimum absolute atomic E-state index is 0.127. The lowest BCUT2D eigenvalue weighted by atomic mass is 10.0. The first-order chi connectivity index (χ1) is 13.0. The van der Waals surface area contributed by atoms with Crippen LogP contribution in [-0.2, 0) is 9.47 Å². The molecule has 1 spiro atoms. The molecule has 1 N–H and O–H groups in total. The van der Waals surface area contributed by atoms with Gasteiger partial charge in [0.2, 0.25) is 0 Å². The van der Waals surface area contributed by atoms with Crippen LogP contribution in [0.3, 0.4) is 0 Å². The highest BCUT2D eigenvalue weighted by atomic mass is 16.7. The van der Waals surface area contributed by atoms with Crippen LogP contribution in [0.5, 0.6) is 0 Å². The van der Waals surface area contributed by atoms with Crippen LogP contribution in [0.25, 0.3) is 0 Å². The number of carbonyl (C=O) groups is 1. The van der Waals surface area contributed by atoms with Crippen molar-refractivity contribution in [3.63, 3.8) is 0 Å². The maximum absolute atomic E-state index is 12.7. The lowest BCUT2D eigenvalue weighted by molar-refractivity contribution is -0.169. The Hall–Kier alpha value is -2.44. The topological polar surface area (TPSA) is 63.7 Å². The molecule has 2 aliphatic rings. The molecule has 0 saturated carbocycles. The number of anilines is 2. The third-order valence-electron chi connectivity index (χ3n) is 5.44. The van der Waals surface area contributed by atoms with Gasteiger partial charge in [-0.05, 0) is 49.2 Å². The fraction of sp³-hybridized carbons (Fsp3) is 0.429. The van der Waals surface area contributed by atoms with Crippen molar-refractivity contribution in [1.82, 2.24) is 4.98 Å². The zero-order valence-electron chi connectivity index (χ0n) is 15.8. The van der Waals surface area contributed by atoms with Gasteiger partial charge in [-0.15, -0.1) is 0 Å². The van der Waals surface area contributed by atoms with Gasteiger partial charge in [0, 0.05) is 43.4 Å². The minimum Gasteiger partial charge on any atom is -0.356 e. The summed E-state index contributed by atoms with van der Waals surface area (Å²) in [7, 11) is 0. The molecule has 6 nitrogen and oxygen atoms in total. The van der Waals surface area contributed by atoms with Crippen molar-refractivity contribution in [2.24, 2.45) is 0 Å². The number of aryl methyl sites for hydroxylation is 2. The van der Waals surface area contributed by atoms with Gasteiger partial charge in [0.05, 0.1) is 13.2 Å². The van der Waals surface area contributed by atoms with Crippen LogP contribution in [0.15, 0.2) is 36.5 Å². The number of pyridine rings is 1. The molecule has 27 heavy (non-hydrogen) atoms. The van der Waals surface area contributed by atoms with Crippen molar-refractivity contribution in [1.29, 1.82) is 0 Å². The second-order valence-electron chi connectivity index (χ2n) is 7.25. The third-order valence-corrected chi connectivity index (χ3v) is 5.44. The summed E-state index contributed by atoms with van der Waals surface area (Å²) in [6.45, 7) is 7.04. The van der Waals surface area contributed by atoms with E-state index in [0.29, 0.717) is 18.8 Å². The number of nitrogens with one attached hydrogen (secondary N) is 1. The van der Waals surface area contributed by atoms with Crippen LogP contribution in [0.4, 0.5) is 11.5 Å². The van der Waals surface area contributed by atoms with Crippen molar-refractivity contribution in [2.45, 2.75) is 32.5 Å². The van der Waals surface area contributed by atoms with E-state index < -0.39 is 5.79 Å². The summed E-state index contributed by atoms with van der Waals surface area (Å²) in [5, 5.41) is 2.97. The maximum Gasteiger partial charge on any atom is 0.255 e. The number of benzene rings is 1. The second kappa shape index (κ2) is 7.29. The first kappa shape index (κ1) is 17.9. The molecule has 0 unspecified atom stereocenters. The van der Waals surface area contributed by atoms with E-state index in [0.717, 1.165) is 43.0 Å². The van der Waals surface area contributed by atoms with E-state index in [1.165, 1.54) is 5.56 Å². The lowest BCUT2D eigenvalue weighted by Crippen LogP contribution is -2.45. The largest absolute Gasteiger partial charge is 0.356 e. The Labute approximate surface area is 159 Å². The van der Waals surface area contributed by atoms with Gasteiger partial charge < -0.3 is 19.7 Å². The predicted octanol–water partition coefficient (Wildman–Crippen LogP) is 3.29. The molecule has 0 radical (unpaired) electrons. The van der Waals surface area contributed by atoms with Crippen molar-refractivity contribution in [3.05, 3.63) is 53.2 Å². The summed E-state index contributed by atoms with van der Waals surface area (Å²) in [5.41, 5.74) is 3.77. The summed E-state index contributed by atoms with van der Waals surface area (Å²) in [4.78, 5) is 19.3. The average Bonchev–Trinajstić information content (AvgIpc) is 3.13. The second-order valence-corrected chi connectivity index (χ2v) is 7.25. The Kier molecular flexibility index (Phi) is 4.85. The molecular weight excluding hydrogens is 342 g/mol. The van der Waals surface area contributed by atoms with Gasteiger partial charge in [-0.3, -0.25) is 4.79 Å². The average molecular weight is 367 g/mol. The number of amides is 1. The highest BCUT2D eigenvalue weighted by Gasteiger charge is 2.40. The Morgan fingerprint density at radius 2 is 1.81 bits per heavy atom. The number of aromatic nitrogens is 1. The number of rotatable bonds is 3. The normalized spacial score (nSPS) is 18.7. The van der Waals surface area contributed by atoms with E-state index in [2.05, 4.69) is 22.1 Å². The molecule has 2 fully saturated rings. The van der Waals surface area contributed by atoms with E-state index >= 15 is 0 Å². The van der Waals surface area contributed by atoms with Crippen LogP contribution in [-0.4, -0.2) is 43.0 Å². The fourth-order valence-electron chi connectivity index (χ4n) is 3.62. The lowest BCUT2D eigenvalue weighted by Gasteiger charge is -2.38. The van der Waals surface area contributed by atoms with Crippen LogP contribution < -0.4 is 10.2 Å². The molecule has 0 atom stereocenters. The van der Waals surface area contributed by atoms with Crippen LogP contribution in [0.2, 0.25) is 0 Å². The zero-order valence-corrected chi connectivity index (χ0v) is 15.8. The number of ether oxygens (including phenoxy) is 2. The van der Waals surface area contributed by atoms with Crippen LogP contribution in [0.1, 0.15) is 34.3 Å². The fourth-order valence-corrected chi connectivity index (χ4v) is 3.62. The standard InChI is InChI=1S/C21H25N3O3/c1-15-3-4-18(13-16(15)2)23-20(25)17-5-8-22-19(14-17)24-9-6-21(7-10-24)26-11-12-27-21/h3-5,8,13-14H,6-7,9-12H2,1-2H3,(H,23,25). The summed E-state index contributed by atoms with van der Waals surface area (Å²) < 4.78 is 11.6. The van der Waals surface area contributed by atoms with Gasteiger partial charge in [0.1, 0.15) is 5.82 Å². The molecule has 1 amide bonds. The van der Waals surface area contributed by atoms with Crippen molar-refractivity contribution in [3.8, 4) is 0 Å². The number of nitrogens with zero attached hydrogens (tertiary/aromatic N) is 2. The van der Waals surface area contributed by atoms with Crippen LogP contribution >= 0.6 is 0 Å². The predicted molar refractivity (Wildman–Crippen MR) is 104 cm³/mol. The molecule has 1 aromatic heterocycles. The Balaban J connectivity index is 1.44. The Morgan fingerprint density at radius 1 is 1.07 bits per heavy atom. The van der Waals surface area contributed by atoms with Gasteiger partial charge in [-0.25, -0.2) is 4.98 Å². The number of hydrogen-bond donors (Lipinski definition) is 1. The molecule has 2 aliphatic heterocycles. The molecule has 6 heteroatoms. The SMILES string of the molecule is Cc1ccc(NC(=O)c2ccnc(N3CCC4(CC3)OCCO4)c2)cc1C. The molecule has 2 aromatic rings. The highest BCUT2D eigenvalue weighted by molar-refractivity contribution is 6.04. The quantitative estimate of drug-likeness (QED) is 0.902. The zero-order chi connectivity index (χ0) is 18.9. The third kappa shape index (κ3) is 3.82. The Bertz CT molecular complexity index is 836. The molecule has 0 bridgehead atoms. The maximum atomic E-state index is 12.7. The smallest absolute Gasteiger partial charge is 0.255 e. The molecule has 0 aliphatic carbocycles. The van der Waals surface area contributed by atoms with E-state index in [4.69, 9.17) is 9.47 Å². The van der Waals surface area contributed by atoms with Gasteiger partial charge in [-0.1, -0.05) is 6.07 Å². The van der Waals surface area contributed by atoms with Gasteiger partial charge >= 0.3 is 0 Å². The monoisotopic (exact) mass is 367 g/mol. The molecule has 142 valence electrons. The summed E-state index contributed by atoms with van der Waals surface area (Å²) in [5.74, 6) is 0.280. The molecule has 2 saturated heterocycles. The molecule has 3 heterocycles. The van der Waals surface area contributed by atoms with E-state index in [1.807, 2.05) is 31.2 Å². The van der Waals surface area contributed by atoms with Crippen molar-refractivity contribution < 1.29 is 14.3 Å². The molecule has 4 rings (SSSR count). The highest BCUT2D eigenvalue weighted by Crippen LogP contribution is 2.32. The first-order valence-electron chi connectivity index (χ1n) is 9.42. The van der Waals surface area contributed by atoms with Gasteiger partial charge in [-0.2, -0.15) is 0 Å². The minimum atomic E-state index is -0.408. The Morgan fingerprint density at radius 3 is 2.52 bits per heavy atom. The summed E-state index contributed by atoms with van der Waals surface area (Å²) >= 11 is 0. The first-order valence-corrected chi connectivity index (χ1v) is 9.42. The van der Waals surface area contributed by atoms with E-state index in [-0.39, 0.29) is 5.91 Å². The molecule has 1 aromatic carbocycles. The summed E-state index contributed by atoms with van der Waals surface area (Å²) in [6, 6.07) is 9.52. The molecular formula is C21H25N3O3. The van der Waals surface area contributed by atoms with E-state index in [9.17, 15) is 4.79 Å². The van der Waals surface area contributed by atoms with Crippen LogP contribution in [0, 0.1) is 13.8 Å². The van der Waals surface area contributed by atoms with Gasteiger partial charge in [0.25, 0.3) is 5.91 Å². The van der Waals surface area contributed by atoms with Crippen molar-refractivity contribution in [2.75, 3.05) is 36.5 Å². The number of piperidine rings is 1. The number of hydrogen-bond acceptors (Lipinski definition) is 5.